The molecule has 10 heteroatoms. The van der Waals surface area contributed by atoms with Crippen LogP contribution >= 0.6 is 0 Å². The number of pyridine rings is 2. The molecule has 0 atom stereocenters. The number of aromatic nitrogens is 2. The molecule has 0 aliphatic rings. The van der Waals surface area contributed by atoms with E-state index in [4.69, 9.17) is 9.47 Å². The zero-order chi connectivity index (χ0) is 36.6. The minimum atomic E-state index is -0.567. The Labute approximate surface area is 296 Å². The summed E-state index contributed by atoms with van der Waals surface area (Å²) in [4.78, 5) is 46.7. The molecular formula is C40H53N5O5. The van der Waals surface area contributed by atoms with Crippen molar-refractivity contribution in [3.63, 3.8) is 0 Å². The van der Waals surface area contributed by atoms with Crippen LogP contribution in [0.5, 0.6) is 5.75 Å². The third-order valence-electron chi connectivity index (χ3n) is 8.34. The Hall–Kier alpha value is -4.86. The third-order valence-corrected chi connectivity index (χ3v) is 8.34. The van der Waals surface area contributed by atoms with E-state index < -0.39 is 11.6 Å². The molecule has 0 saturated carbocycles. The number of hydrogen-bond acceptors (Lipinski definition) is 6. The third kappa shape index (κ3) is 9.43. The molecule has 0 bridgehead atoms. The number of urea groups is 1. The number of amides is 3. The molecule has 10 nitrogen and oxygen atoms in total. The highest BCUT2D eigenvalue weighted by atomic mass is 16.6. The van der Waals surface area contributed by atoms with Crippen molar-refractivity contribution in [3.05, 3.63) is 82.3 Å². The maximum Gasteiger partial charge on any atom is 0.410 e. The van der Waals surface area contributed by atoms with Crippen LogP contribution in [0.3, 0.4) is 0 Å². The van der Waals surface area contributed by atoms with Gasteiger partial charge < -0.3 is 25.0 Å². The zero-order valence-electron chi connectivity index (χ0n) is 31.1. The van der Waals surface area contributed by atoms with Gasteiger partial charge in [-0.1, -0.05) is 71.4 Å². The maximum atomic E-state index is 14.3. The Morgan fingerprint density at radius 2 is 1.58 bits per heavy atom. The number of nitrogens with zero attached hydrogens (tertiary/aromatic N) is 3. The summed E-state index contributed by atoms with van der Waals surface area (Å²) >= 11 is 0. The predicted molar refractivity (Wildman–Crippen MR) is 203 cm³/mol. The number of carbonyl (C=O) groups excluding carboxylic acids is 2. The summed E-state index contributed by atoms with van der Waals surface area (Å²) in [5.74, 6) is 0.952. The van der Waals surface area contributed by atoms with E-state index in [0.717, 1.165) is 35.0 Å². The van der Waals surface area contributed by atoms with Gasteiger partial charge in [-0.3, -0.25) is 9.36 Å². The lowest BCUT2D eigenvalue weighted by Gasteiger charge is -2.24. The molecule has 3 amide bonds. The lowest BCUT2D eigenvalue weighted by atomic mass is 9.93. The van der Waals surface area contributed by atoms with Crippen LogP contribution in [0.15, 0.2) is 65.6 Å². The highest BCUT2D eigenvalue weighted by Gasteiger charge is 2.23. The van der Waals surface area contributed by atoms with Gasteiger partial charge in [0.15, 0.2) is 0 Å². The van der Waals surface area contributed by atoms with Gasteiger partial charge >= 0.3 is 12.1 Å². The molecule has 268 valence electrons. The fourth-order valence-corrected chi connectivity index (χ4v) is 5.84. The highest BCUT2D eigenvalue weighted by molar-refractivity contribution is 6.07. The Kier molecular flexibility index (Phi) is 12.7. The molecule has 0 aliphatic carbocycles. The summed E-state index contributed by atoms with van der Waals surface area (Å²) in [7, 11) is 1.70. The number of benzene rings is 2. The largest absolute Gasteiger partial charge is 0.494 e. The van der Waals surface area contributed by atoms with E-state index in [1.807, 2.05) is 75.4 Å². The zero-order valence-corrected chi connectivity index (χ0v) is 31.1. The molecule has 0 spiro atoms. The van der Waals surface area contributed by atoms with Gasteiger partial charge in [0.2, 0.25) is 0 Å². The van der Waals surface area contributed by atoms with Gasteiger partial charge in [0.05, 0.1) is 6.61 Å². The number of unbranched alkanes of at least 4 members (excludes halogenated alkanes) is 1. The fourth-order valence-electron chi connectivity index (χ4n) is 5.84. The van der Waals surface area contributed by atoms with Gasteiger partial charge in [0, 0.05) is 43.0 Å². The lowest BCUT2D eigenvalue weighted by Crippen LogP contribution is -2.35. The van der Waals surface area contributed by atoms with Crippen molar-refractivity contribution in [2.45, 2.75) is 98.6 Å². The molecular weight excluding hydrogens is 630 g/mol. The number of anilines is 2. The summed E-state index contributed by atoms with van der Waals surface area (Å²) < 4.78 is 13.2. The van der Waals surface area contributed by atoms with Crippen molar-refractivity contribution in [1.82, 2.24) is 14.5 Å². The van der Waals surface area contributed by atoms with Crippen LogP contribution in [0.2, 0.25) is 0 Å². The molecule has 4 aromatic rings. The van der Waals surface area contributed by atoms with Gasteiger partial charge in [0.25, 0.3) is 5.56 Å². The lowest BCUT2D eigenvalue weighted by molar-refractivity contribution is 0.0292. The van der Waals surface area contributed by atoms with Crippen LogP contribution in [0, 0.1) is 0 Å². The number of carbonyl (C=O) groups is 2. The van der Waals surface area contributed by atoms with Gasteiger partial charge in [-0.05, 0) is 86.4 Å². The van der Waals surface area contributed by atoms with Crippen LogP contribution in [0.4, 0.5) is 21.0 Å². The second-order valence-corrected chi connectivity index (χ2v) is 14.3. The van der Waals surface area contributed by atoms with Gasteiger partial charge in [-0.2, -0.15) is 0 Å². The van der Waals surface area contributed by atoms with Crippen molar-refractivity contribution < 1.29 is 19.1 Å². The van der Waals surface area contributed by atoms with Crippen LogP contribution in [0.25, 0.3) is 22.2 Å². The molecule has 0 fully saturated rings. The van der Waals surface area contributed by atoms with E-state index in [0.29, 0.717) is 48.6 Å². The topological polar surface area (TPSA) is 115 Å². The first-order chi connectivity index (χ1) is 23.7. The van der Waals surface area contributed by atoms with Crippen molar-refractivity contribution in [3.8, 4) is 16.9 Å². The molecule has 0 radical (unpaired) electrons. The predicted octanol–water partition coefficient (Wildman–Crippen LogP) is 9.39. The number of ether oxygens (including phenoxy) is 2. The van der Waals surface area contributed by atoms with Crippen LogP contribution in [0.1, 0.15) is 97.6 Å². The van der Waals surface area contributed by atoms with E-state index in [9.17, 15) is 14.4 Å². The average molecular weight is 684 g/mol. The molecule has 0 aliphatic heterocycles. The Morgan fingerprint density at radius 3 is 2.22 bits per heavy atom. The molecule has 50 heavy (non-hydrogen) atoms. The number of nitrogens with one attached hydrogen (secondary N) is 2. The first-order valence-corrected chi connectivity index (χ1v) is 17.6. The van der Waals surface area contributed by atoms with E-state index >= 15 is 0 Å². The van der Waals surface area contributed by atoms with Gasteiger partial charge in [0.1, 0.15) is 22.7 Å². The van der Waals surface area contributed by atoms with Crippen molar-refractivity contribution in [1.29, 1.82) is 0 Å². The number of para-hydroxylation sites is 1. The van der Waals surface area contributed by atoms with Crippen LogP contribution < -0.4 is 20.9 Å². The van der Waals surface area contributed by atoms with Gasteiger partial charge in [-0.15, -0.1) is 0 Å². The van der Waals surface area contributed by atoms with Crippen molar-refractivity contribution in [2.75, 3.05) is 30.8 Å². The number of fused-ring (bicyclic) bond motifs is 1. The highest BCUT2D eigenvalue weighted by Crippen LogP contribution is 2.36. The Morgan fingerprint density at radius 1 is 0.920 bits per heavy atom. The standard InChI is InChI=1S/C40H53N5O5/c1-10-11-23-45-36-32(20-14-21-41-36)33(28-16-12-17-29(25-28)49-24-15-22-44(9)39(48)50-40(6,7)8)35(37(45)46)43-38(47)42-34-30(26(2)3)18-13-19-31(34)27(4)5/h12-14,16-21,25-27H,10-11,15,22-24H2,1-9H3,(H2,42,43,47). The normalized spacial score (nSPS) is 11.6. The summed E-state index contributed by atoms with van der Waals surface area (Å²) in [5, 5.41) is 6.82. The van der Waals surface area contributed by atoms with Gasteiger partial charge in [-0.25, -0.2) is 14.6 Å². The smallest absolute Gasteiger partial charge is 0.410 e. The molecule has 0 unspecified atom stereocenters. The fraction of sp³-hybridized carbons (Fsp3) is 0.450. The summed E-state index contributed by atoms with van der Waals surface area (Å²) in [6, 6.07) is 16.8. The maximum absolute atomic E-state index is 14.3. The minimum absolute atomic E-state index is 0.170. The Bertz CT molecular complexity index is 1830. The van der Waals surface area contributed by atoms with E-state index in [1.54, 1.807) is 17.8 Å². The molecule has 0 saturated heterocycles. The first kappa shape index (κ1) is 38.0. The molecule has 4 rings (SSSR count). The van der Waals surface area contributed by atoms with Crippen LogP contribution in [-0.4, -0.2) is 52.4 Å². The van der Waals surface area contributed by atoms with E-state index in [1.165, 1.54) is 4.90 Å². The van der Waals surface area contributed by atoms with Crippen LogP contribution in [-0.2, 0) is 11.3 Å². The van der Waals surface area contributed by atoms with Crippen molar-refractivity contribution in [2.24, 2.45) is 0 Å². The Balaban J connectivity index is 1.70. The summed E-state index contributed by atoms with van der Waals surface area (Å²) in [6.07, 6.45) is 3.55. The minimum Gasteiger partial charge on any atom is -0.494 e. The monoisotopic (exact) mass is 683 g/mol. The summed E-state index contributed by atoms with van der Waals surface area (Å²) in [5.41, 5.74) is 3.91. The van der Waals surface area contributed by atoms with E-state index in [-0.39, 0.29) is 29.2 Å². The number of hydrogen-bond donors (Lipinski definition) is 2. The first-order valence-electron chi connectivity index (χ1n) is 17.6. The van der Waals surface area contributed by atoms with Crippen molar-refractivity contribution >= 4 is 34.5 Å². The average Bonchev–Trinajstić information content (AvgIpc) is 3.06. The van der Waals surface area contributed by atoms with E-state index in [2.05, 4.69) is 50.2 Å². The quantitative estimate of drug-likeness (QED) is 0.136. The SMILES string of the molecule is CCCCn1c(=O)c(NC(=O)Nc2c(C(C)C)cccc2C(C)C)c(-c2cccc(OCCCN(C)C(=O)OC(C)(C)C)c2)c2cccnc21. The number of rotatable bonds is 13. The molecule has 2 N–H and O–H groups in total. The molecule has 2 aromatic heterocycles. The summed E-state index contributed by atoms with van der Waals surface area (Å²) in [6.45, 7) is 17.2. The molecule has 2 aromatic carbocycles. The second-order valence-electron chi connectivity index (χ2n) is 14.3. The number of aryl methyl sites for hydroxylation is 1. The second kappa shape index (κ2) is 16.7. The molecule has 2 heterocycles.